The van der Waals surface area contributed by atoms with Crippen molar-refractivity contribution in [2.45, 2.75) is 26.9 Å². The van der Waals surface area contributed by atoms with Gasteiger partial charge in [0.05, 0.1) is 17.6 Å². The maximum absolute atomic E-state index is 12.2. The van der Waals surface area contributed by atoms with E-state index >= 15 is 0 Å². The molecule has 0 radical (unpaired) electrons. The second-order valence-electron chi connectivity index (χ2n) is 5.25. The molecule has 0 saturated heterocycles. The van der Waals surface area contributed by atoms with Gasteiger partial charge in [-0.1, -0.05) is 30.9 Å². The number of fused-ring (bicyclic) bond motifs is 1. The molecule has 0 aliphatic rings. The number of hydrogen-bond donors (Lipinski definition) is 0. The van der Waals surface area contributed by atoms with Gasteiger partial charge in [-0.2, -0.15) is 0 Å². The van der Waals surface area contributed by atoms with Crippen LogP contribution in [0, 0.1) is 11.8 Å². The summed E-state index contributed by atoms with van der Waals surface area (Å²) in [6.07, 6.45) is -0.449. The summed E-state index contributed by atoms with van der Waals surface area (Å²) in [4.78, 5) is 14.4. The number of aromatic nitrogens is 3. The highest BCUT2D eigenvalue weighted by Crippen LogP contribution is 2.13. The van der Waals surface area contributed by atoms with Gasteiger partial charge in [0.2, 0.25) is 0 Å². The van der Waals surface area contributed by atoms with E-state index in [1.165, 1.54) is 0 Å². The summed E-state index contributed by atoms with van der Waals surface area (Å²) in [5, 5.41) is 7.92. The van der Waals surface area contributed by atoms with Gasteiger partial charge in [-0.15, -0.1) is 5.10 Å². The van der Waals surface area contributed by atoms with Crippen LogP contribution in [0.4, 0.5) is 0 Å². The standard InChI is InChI=1S/C17H22N4O2/c1-5-21(6-2)11-7-8-13(3)23-17(22)14-9-10-16-15(12-14)18-19-20(16)4/h9-10,12-13H,5-6,11H2,1-4H3. The third kappa shape index (κ3) is 4.30. The maximum atomic E-state index is 12.2. The zero-order valence-electron chi connectivity index (χ0n) is 14.0. The first-order valence-corrected chi connectivity index (χ1v) is 7.76. The first-order chi connectivity index (χ1) is 11.0. The lowest BCUT2D eigenvalue weighted by atomic mass is 10.2. The molecule has 1 atom stereocenters. The minimum absolute atomic E-state index is 0.401. The van der Waals surface area contributed by atoms with Gasteiger partial charge in [0.1, 0.15) is 5.52 Å². The average molecular weight is 314 g/mol. The molecule has 1 heterocycles. The van der Waals surface area contributed by atoms with Gasteiger partial charge in [-0.05, 0) is 38.2 Å². The van der Waals surface area contributed by atoms with Crippen molar-refractivity contribution in [3.8, 4) is 11.8 Å². The van der Waals surface area contributed by atoms with Crippen molar-refractivity contribution in [3.63, 3.8) is 0 Å². The van der Waals surface area contributed by atoms with Crippen molar-refractivity contribution < 1.29 is 9.53 Å². The third-order valence-corrected chi connectivity index (χ3v) is 3.63. The SMILES string of the molecule is CCN(CC)CC#CC(C)OC(=O)c1ccc2c(c1)nnn2C. The van der Waals surface area contributed by atoms with Crippen LogP contribution < -0.4 is 0 Å². The van der Waals surface area contributed by atoms with E-state index in [0.29, 0.717) is 17.6 Å². The summed E-state index contributed by atoms with van der Waals surface area (Å²) in [7, 11) is 1.81. The third-order valence-electron chi connectivity index (χ3n) is 3.63. The Morgan fingerprint density at radius 2 is 2.13 bits per heavy atom. The number of carbonyl (C=O) groups excluding carboxylic acids is 1. The molecule has 1 unspecified atom stereocenters. The second kappa shape index (κ2) is 7.75. The van der Waals surface area contributed by atoms with Crippen molar-refractivity contribution in [1.29, 1.82) is 0 Å². The van der Waals surface area contributed by atoms with Crippen LogP contribution in [0.5, 0.6) is 0 Å². The van der Waals surface area contributed by atoms with Gasteiger partial charge < -0.3 is 4.74 Å². The fourth-order valence-electron chi connectivity index (χ4n) is 2.17. The highest BCUT2D eigenvalue weighted by Gasteiger charge is 2.12. The molecule has 0 spiro atoms. The Bertz CT molecular complexity index is 738. The second-order valence-corrected chi connectivity index (χ2v) is 5.25. The van der Waals surface area contributed by atoms with Crippen LogP contribution in [-0.4, -0.2) is 51.6 Å². The molecule has 0 bridgehead atoms. The lowest BCUT2D eigenvalue weighted by Gasteiger charge is -2.13. The zero-order valence-corrected chi connectivity index (χ0v) is 14.0. The normalized spacial score (nSPS) is 12.0. The molecular formula is C17H22N4O2. The lowest BCUT2D eigenvalue weighted by molar-refractivity contribution is 0.0438. The fourth-order valence-corrected chi connectivity index (χ4v) is 2.17. The molecule has 6 heteroatoms. The first-order valence-electron chi connectivity index (χ1n) is 7.76. The molecule has 1 aromatic carbocycles. The van der Waals surface area contributed by atoms with E-state index in [2.05, 4.69) is 40.9 Å². The van der Waals surface area contributed by atoms with Gasteiger partial charge in [-0.25, -0.2) is 9.48 Å². The summed E-state index contributed by atoms with van der Waals surface area (Å²) >= 11 is 0. The molecule has 0 N–H and O–H groups in total. The summed E-state index contributed by atoms with van der Waals surface area (Å²) in [6, 6.07) is 5.20. The average Bonchev–Trinajstić information content (AvgIpc) is 2.92. The van der Waals surface area contributed by atoms with Crippen molar-refractivity contribution in [1.82, 2.24) is 19.9 Å². The van der Waals surface area contributed by atoms with Crippen LogP contribution in [0.3, 0.4) is 0 Å². The molecule has 122 valence electrons. The fraction of sp³-hybridized carbons (Fsp3) is 0.471. The molecule has 2 rings (SSSR count). The minimum atomic E-state index is -0.449. The molecule has 0 aliphatic carbocycles. The molecule has 2 aromatic rings. The summed E-state index contributed by atoms with van der Waals surface area (Å²) in [5.41, 5.74) is 1.99. The van der Waals surface area contributed by atoms with Gasteiger partial charge >= 0.3 is 5.97 Å². The van der Waals surface area contributed by atoms with Crippen molar-refractivity contribution in [2.75, 3.05) is 19.6 Å². The number of benzene rings is 1. The predicted molar refractivity (Wildman–Crippen MR) is 89.0 cm³/mol. The molecule has 0 fully saturated rings. The monoisotopic (exact) mass is 314 g/mol. The smallest absolute Gasteiger partial charge is 0.339 e. The van der Waals surface area contributed by atoms with Crippen molar-refractivity contribution >= 4 is 17.0 Å². The van der Waals surface area contributed by atoms with Crippen LogP contribution in [0.2, 0.25) is 0 Å². The van der Waals surface area contributed by atoms with E-state index in [1.54, 1.807) is 30.8 Å². The Balaban J connectivity index is 1.98. The molecule has 0 aliphatic heterocycles. The lowest BCUT2D eigenvalue weighted by Crippen LogP contribution is -2.23. The Hall–Kier alpha value is -2.39. The van der Waals surface area contributed by atoms with E-state index in [4.69, 9.17) is 4.74 Å². The molecule has 0 amide bonds. The predicted octanol–water partition coefficient (Wildman–Crippen LogP) is 1.86. The number of aryl methyl sites for hydroxylation is 1. The summed E-state index contributed by atoms with van der Waals surface area (Å²) in [6.45, 7) is 8.55. The molecule has 23 heavy (non-hydrogen) atoms. The first kappa shape index (κ1) is 17.0. The number of esters is 1. The Morgan fingerprint density at radius 1 is 1.39 bits per heavy atom. The van der Waals surface area contributed by atoms with Crippen LogP contribution >= 0.6 is 0 Å². The van der Waals surface area contributed by atoms with Gasteiger partial charge in [0.25, 0.3) is 0 Å². The number of ether oxygens (including phenoxy) is 1. The maximum Gasteiger partial charge on any atom is 0.339 e. The van der Waals surface area contributed by atoms with Crippen LogP contribution in [0.1, 0.15) is 31.1 Å². The van der Waals surface area contributed by atoms with E-state index in [0.717, 1.165) is 18.6 Å². The minimum Gasteiger partial charge on any atom is -0.446 e. The van der Waals surface area contributed by atoms with Crippen molar-refractivity contribution in [3.05, 3.63) is 23.8 Å². The number of nitrogens with zero attached hydrogens (tertiary/aromatic N) is 4. The Kier molecular flexibility index (Phi) is 5.72. The highest BCUT2D eigenvalue weighted by atomic mass is 16.5. The number of hydrogen-bond acceptors (Lipinski definition) is 5. The van der Waals surface area contributed by atoms with Crippen LogP contribution in [0.15, 0.2) is 18.2 Å². The van der Waals surface area contributed by atoms with Gasteiger partial charge in [-0.3, -0.25) is 4.90 Å². The Labute approximate surface area is 136 Å². The molecule has 6 nitrogen and oxygen atoms in total. The van der Waals surface area contributed by atoms with Gasteiger partial charge in [0.15, 0.2) is 6.10 Å². The van der Waals surface area contributed by atoms with Crippen LogP contribution in [-0.2, 0) is 11.8 Å². The zero-order chi connectivity index (χ0) is 16.8. The largest absolute Gasteiger partial charge is 0.446 e. The molecule has 1 aromatic heterocycles. The quantitative estimate of drug-likeness (QED) is 0.623. The van der Waals surface area contributed by atoms with E-state index in [1.807, 2.05) is 6.07 Å². The Morgan fingerprint density at radius 3 is 2.83 bits per heavy atom. The van der Waals surface area contributed by atoms with E-state index in [-0.39, 0.29) is 0 Å². The molecule has 0 saturated carbocycles. The number of rotatable bonds is 5. The van der Waals surface area contributed by atoms with Crippen LogP contribution in [0.25, 0.3) is 11.0 Å². The van der Waals surface area contributed by atoms with E-state index in [9.17, 15) is 4.79 Å². The highest BCUT2D eigenvalue weighted by molar-refractivity contribution is 5.93. The number of carbonyl (C=O) groups is 1. The van der Waals surface area contributed by atoms with E-state index < -0.39 is 12.1 Å². The molecular weight excluding hydrogens is 292 g/mol. The summed E-state index contributed by atoms with van der Waals surface area (Å²) in [5.74, 6) is 5.61. The summed E-state index contributed by atoms with van der Waals surface area (Å²) < 4.78 is 7.01. The topological polar surface area (TPSA) is 60.2 Å². The van der Waals surface area contributed by atoms with Crippen molar-refractivity contribution in [2.24, 2.45) is 7.05 Å². The van der Waals surface area contributed by atoms with Gasteiger partial charge in [0, 0.05) is 7.05 Å².